The van der Waals surface area contributed by atoms with Crippen LogP contribution in [0, 0.1) is 0 Å². The number of hydrogen-bond donors (Lipinski definition) is 3. The zero-order valence-electron chi connectivity index (χ0n) is 14.0. The number of carbonyl (C=O) groups is 2. The van der Waals surface area contributed by atoms with Crippen molar-refractivity contribution in [3.63, 3.8) is 0 Å². The van der Waals surface area contributed by atoms with Crippen molar-refractivity contribution in [3.05, 3.63) is 65.7 Å². The number of nitrogens with one attached hydrogen (secondary N) is 3. The van der Waals surface area contributed by atoms with Crippen molar-refractivity contribution >= 4 is 34.8 Å². The summed E-state index contributed by atoms with van der Waals surface area (Å²) in [5, 5.41) is 8.51. The minimum atomic E-state index is -0.161. The van der Waals surface area contributed by atoms with Gasteiger partial charge < -0.3 is 16.0 Å². The van der Waals surface area contributed by atoms with Gasteiger partial charge in [0.05, 0.1) is 6.42 Å². The molecule has 0 spiro atoms. The summed E-state index contributed by atoms with van der Waals surface area (Å²) in [4.78, 5) is 23.2. The van der Waals surface area contributed by atoms with Gasteiger partial charge in [0.15, 0.2) is 5.11 Å². The zero-order chi connectivity index (χ0) is 18.1. The van der Waals surface area contributed by atoms with Crippen LogP contribution in [0.4, 0.5) is 5.69 Å². The van der Waals surface area contributed by atoms with Gasteiger partial charge in [0.1, 0.15) is 0 Å². The number of aryl methyl sites for hydroxylation is 1. The summed E-state index contributed by atoms with van der Waals surface area (Å²) in [7, 11) is 1.63. The molecule has 0 aromatic heterocycles. The van der Waals surface area contributed by atoms with Crippen LogP contribution in [0.5, 0.6) is 0 Å². The van der Waals surface area contributed by atoms with Gasteiger partial charge in [-0.05, 0) is 41.9 Å². The predicted octanol–water partition coefficient (Wildman–Crippen LogP) is 2.42. The summed E-state index contributed by atoms with van der Waals surface area (Å²) in [5.74, 6) is -0.143. The summed E-state index contributed by atoms with van der Waals surface area (Å²) in [6.45, 7) is 0. The van der Waals surface area contributed by atoms with E-state index in [1.54, 1.807) is 7.05 Å². The first-order valence-corrected chi connectivity index (χ1v) is 8.42. The molecular formula is C19H21N3O2S. The number of thiocarbonyl (C=S) groups is 1. The number of hydrogen-bond acceptors (Lipinski definition) is 3. The summed E-state index contributed by atoms with van der Waals surface area (Å²) >= 11 is 5.17. The van der Waals surface area contributed by atoms with Gasteiger partial charge in [-0.25, -0.2) is 0 Å². The van der Waals surface area contributed by atoms with Gasteiger partial charge >= 0.3 is 0 Å². The molecule has 5 nitrogen and oxygen atoms in total. The van der Waals surface area contributed by atoms with Crippen LogP contribution in [0.3, 0.4) is 0 Å². The van der Waals surface area contributed by atoms with Gasteiger partial charge in [0, 0.05) is 19.2 Å². The number of anilines is 1. The molecule has 0 atom stereocenters. The Bertz CT molecular complexity index is 730. The Morgan fingerprint density at radius 2 is 1.60 bits per heavy atom. The Hall–Kier alpha value is -2.73. The van der Waals surface area contributed by atoms with Crippen LogP contribution < -0.4 is 16.0 Å². The van der Waals surface area contributed by atoms with E-state index in [1.165, 1.54) is 0 Å². The lowest BCUT2D eigenvalue weighted by molar-refractivity contribution is -0.120. The summed E-state index contributed by atoms with van der Waals surface area (Å²) < 4.78 is 0. The standard InChI is InChI=1S/C19H21N3O2S/c1-20-17(23)12-9-14-7-10-16(11-8-14)21-19(25)22-18(24)13-15-5-3-2-4-6-15/h2-8,10-11H,9,12-13H2,1H3,(H,20,23)(H2,21,22,24,25). The number of amides is 2. The van der Waals surface area contributed by atoms with Crippen molar-refractivity contribution in [3.8, 4) is 0 Å². The molecule has 6 heteroatoms. The maximum absolute atomic E-state index is 12.0. The van der Waals surface area contributed by atoms with Crippen LogP contribution in [-0.2, 0) is 22.4 Å². The molecule has 0 unspecified atom stereocenters. The molecule has 2 rings (SSSR count). The second-order valence-electron chi connectivity index (χ2n) is 5.53. The fourth-order valence-corrected chi connectivity index (χ4v) is 2.48. The van der Waals surface area contributed by atoms with Crippen molar-refractivity contribution < 1.29 is 9.59 Å². The Morgan fingerprint density at radius 1 is 0.920 bits per heavy atom. The van der Waals surface area contributed by atoms with Crippen LogP contribution in [0.2, 0.25) is 0 Å². The summed E-state index contributed by atoms with van der Waals surface area (Å²) in [5.41, 5.74) is 2.78. The lowest BCUT2D eigenvalue weighted by atomic mass is 10.1. The van der Waals surface area contributed by atoms with Gasteiger partial charge in [0.25, 0.3) is 0 Å². The van der Waals surface area contributed by atoms with E-state index >= 15 is 0 Å². The van der Waals surface area contributed by atoms with E-state index in [-0.39, 0.29) is 23.3 Å². The minimum absolute atomic E-state index is 0.0181. The van der Waals surface area contributed by atoms with Gasteiger partial charge in [-0.2, -0.15) is 0 Å². The van der Waals surface area contributed by atoms with Crippen molar-refractivity contribution in [2.75, 3.05) is 12.4 Å². The SMILES string of the molecule is CNC(=O)CCc1ccc(NC(=S)NC(=O)Cc2ccccc2)cc1. The van der Waals surface area contributed by atoms with Gasteiger partial charge in [-0.1, -0.05) is 42.5 Å². The van der Waals surface area contributed by atoms with Gasteiger partial charge in [0.2, 0.25) is 11.8 Å². The second-order valence-corrected chi connectivity index (χ2v) is 5.94. The molecule has 0 bridgehead atoms. The first-order valence-electron chi connectivity index (χ1n) is 8.01. The van der Waals surface area contributed by atoms with E-state index in [0.717, 1.165) is 16.8 Å². The third-order valence-electron chi connectivity index (χ3n) is 3.59. The number of carbonyl (C=O) groups excluding carboxylic acids is 2. The highest BCUT2D eigenvalue weighted by Gasteiger charge is 2.06. The third-order valence-corrected chi connectivity index (χ3v) is 3.80. The van der Waals surface area contributed by atoms with Crippen molar-refractivity contribution in [1.82, 2.24) is 10.6 Å². The van der Waals surface area contributed by atoms with E-state index in [1.807, 2.05) is 54.6 Å². The van der Waals surface area contributed by atoms with Crippen LogP contribution in [0.25, 0.3) is 0 Å². The topological polar surface area (TPSA) is 70.2 Å². The van der Waals surface area contributed by atoms with Crippen molar-refractivity contribution in [2.45, 2.75) is 19.3 Å². The minimum Gasteiger partial charge on any atom is -0.359 e. The van der Waals surface area contributed by atoms with Gasteiger partial charge in [-0.15, -0.1) is 0 Å². The molecule has 0 fully saturated rings. The Balaban J connectivity index is 1.80. The maximum Gasteiger partial charge on any atom is 0.230 e. The molecule has 130 valence electrons. The zero-order valence-corrected chi connectivity index (χ0v) is 14.9. The predicted molar refractivity (Wildman–Crippen MR) is 103 cm³/mol. The molecule has 0 aliphatic carbocycles. The van der Waals surface area contributed by atoms with Crippen LogP contribution in [0.15, 0.2) is 54.6 Å². The first-order chi connectivity index (χ1) is 12.1. The number of benzene rings is 2. The van der Waals surface area contributed by atoms with Crippen molar-refractivity contribution in [2.24, 2.45) is 0 Å². The van der Waals surface area contributed by atoms with Crippen LogP contribution in [-0.4, -0.2) is 24.0 Å². The van der Waals surface area contributed by atoms with Crippen molar-refractivity contribution in [1.29, 1.82) is 0 Å². The molecule has 0 saturated heterocycles. The molecular weight excluding hydrogens is 334 g/mol. The van der Waals surface area contributed by atoms with Gasteiger partial charge in [-0.3, -0.25) is 9.59 Å². The van der Waals surface area contributed by atoms with E-state index in [2.05, 4.69) is 16.0 Å². The highest BCUT2D eigenvalue weighted by Crippen LogP contribution is 2.11. The maximum atomic E-state index is 12.0. The quantitative estimate of drug-likeness (QED) is 0.696. The van der Waals surface area contributed by atoms with E-state index in [0.29, 0.717) is 12.8 Å². The highest BCUT2D eigenvalue weighted by atomic mass is 32.1. The van der Waals surface area contributed by atoms with E-state index in [9.17, 15) is 9.59 Å². The lowest BCUT2D eigenvalue weighted by Gasteiger charge is -2.10. The molecule has 0 heterocycles. The monoisotopic (exact) mass is 355 g/mol. The number of rotatable bonds is 6. The largest absolute Gasteiger partial charge is 0.359 e. The normalized spacial score (nSPS) is 9.96. The average Bonchev–Trinajstić information content (AvgIpc) is 2.61. The van der Waals surface area contributed by atoms with E-state index in [4.69, 9.17) is 12.2 Å². The molecule has 0 radical (unpaired) electrons. The summed E-state index contributed by atoms with van der Waals surface area (Å²) in [6, 6.07) is 17.1. The van der Waals surface area contributed by atoms with E-state index < -0.39 is 0 Å². The highest BCUT2D eigenvalue weighted by molar-refractivity contribution is 7.80. The Morgan fingerprint density at radius 3 is 2.24 bits per heavy atom. The molecule has 2 aromatic rings. The Kier molecular flexibility index (Phi) is 7.10. The fraction of sp³-hybridized carbons (Fsp3) is 0.211. The first kappa shape index (κ1) is 18.6. The van der Waals surface area contributed by atoms with Crippen LogP contribution >= 0.6 is 12.2 Å². The molecule has 2 amide bonds. The molecule has 2 aromatic carbocycles. The summed E-state index contributed by atoms with van der Waals surface area (Å²) in [6.07, 6.45) is 1.41. The van der Waals surface area contributed by atoms with Crippen LogP contribution in [0.1, 0.15) is 17.5 Å². The lowest BCUT2D eigenvalue weighted by Crippen LogP contribution is -2.35. The fourth-order valence-electron chi connectivity index (χ4n) is 2.25. The second kappa shape index (κ2) is 9.54. The third kappa shape index (κ3) is 6.73. The molecule has 0 saturated carbocycles. The Labute approximate surface area is 152 Å². The molecule has 0 aliphatic heterocycles. The molecule has 25 heavy (non-hydrogen) atoms. The average molecular weight is 355 g/mol. The molecule has 0 aliphatic rings. The smallest absolute Gasteiger partial charge is 0.230 e. The molecule has 3 N–H and O–H groups in total.